The van der Waals surface area contributed by atoms with Gasteiger partial charge in [-0.2, -0.15) is 0 Å². The molecule has 1 atom stereocenters. The molecule has 0 aliphatic heterocycles. The van der Waals surface area contributed by atoms with Gasteiger partial charge in [0.2, 0.25) is 0 Å². The Balaban J connectivity index is 2.15. The highest BCUT2D eigenvalue weighted by Crippen LogP contribution is 2.22. The molecule has 2 N–H and O–H groups in total. The number of nitrogens with one attached hydrogen (secondary N) is 2. The van der Waals surface area contributed by atoms with Gasteiger partial charge in [-0.05, 0) is 18.2 Å². The number of quaternary nitrogens is 2. The Labute approximate surface area is 148 Å². The first-order chi connectivity index (χ1) is 11.1. The maximum atomic E-state index is 5.54. The Morgan fingerprint density at radius 2 is 1.70 bits per heavy atom. The highest BCUT2D eigenvalue weighted by atomic mass is 79.9. The number of ether oxygens (including phenoxy) is 1. The maximum absolute atomic E-state index is 5.54. The lowest BCUT2D eigenvalue weighted by Gasteiger charge is -2.21. The second-order valence-corrected chi connectivity index (χ2v) is 7.17. The van der Waals surface area contributed by atoms with Crippen molar-refractivity contribution in [1.29, 1.82) is 0 Å². The Morgan fingerprint density at radius 3 is 2.35 bits per heavy atom. The average Bonchev–Trinajstić information content (AvgIpc) is 2.54. The SMILES string of the molecule is COc1ccc(Br)cc1C[NH+](CC[NH+](C)C)Cc1ccccc1. The summed E-state index contributed by atoms with van der Waals surface area (Å²) in [7, 11) is 6.16. The molecular formula is C19H27BrN2O+2. The second kappa shape index (κ2) is 9.06. The molecule has 0 amide bonds. The fourth-order valence-corrected chi connectivity index (χ4v) is 3.11. The molecule has 124 valence electrons. The third kappa shape index (κ3) is 5.98. The highest BCUT2D eigenvalue weighted by molar-refractivity contribution is 9.10. The zero-order valence-corrected chi connectivity index (χ0v) is 15.8. The second-order valence-electron chi connectivity index (χ2n) is 6.25. The van der Waals surface area contributed by atoms with Gasteiger partial charge in [0.05, 0.1) is 21.2 Å². The first-order valence-corrected chi connectivity index (χ1v) is 8.86. The lowest BCUT2D eigenvalue weighted by Crippen LogP contribution is -3.16. The van der Waals surface area contributed by atoms with Crippen molar-refractivity contribution in [2.24, 2.45) is 0 Å². The third-order valence-electron chi connectivity index (χ3n) is 3.96. The van der Waals surface area contributed by atoms with Crippen LogP contribution in [0.1, 0.15) is 11.1 Å². The van der Waals surface area contributed by atoms with Crippen LogP contribution in [-0.4, -0.2) is 34.3 Å². The van der Waals surface area contributed by atoms with Crippen molar-refractivity contribution in [1.82, 2.24) is 0 Å². The van der Waals surface area contributed by atoms with Crippen LogP contribution in [0.25, 0.3) is 0 Å². The first-order valence-electron chi connectivity index (χ1n) is 8.07. The molecule has 0 aromatic heterocycles. The van der Waals surface area contributed by atoms with Gasteiger partial charge in [0.1, 0.15) is 31.9 Å². The van der Waals surface area contributed by atoms with Crippen LogP contribution in [0, 0.1) is 0 Å². The van der Waals surface area contributed by atoms with Crippen molar-refractivity contribution in [2.45, 2.75) is 13.1 Å². The van der Waals surface area contributed by atoms with Crippen LogP contribution in [0.2, 0.25) is 0 Å². The van der Waals surface area contributed by atoms with Crippen LogP contribution in [0.4, 0.5) is 0 Å². The van der Waals surface area contributed by atoms with Crippen LogP contribution >= 0.6 is 15.9 Å². The van der Waals surface area contributed by atoms with Crippen molar-refractivity contribution in [3.63, 3.8) is 0 Å². The van der Waals surface area contributed by atoms with E-state index in [0.29, 0.717) is 0 Å². The molecule has 0 saturated heterocycles. The number of methoxy groups -OCH3 is 1. The predicted octanol–water partition coefficient (Wildman–Crippen LogP) is 1.19. The number of likely N-dealkylation sites (N-methyl/N-ethyl adjacent to an activating group) is 1. The Hall–Kier alpha value is -1.36. The van der Waals surface area contributed by atoms with Crippen molar-refractivity contribution >= 4 is 15.9 Å². The molecule has 2 aromatic rings. The van der Waals surface area contributed by atoms with Crippen molar-refractivity contribution < 1.29 is 14.5 Å². The van der Waals surface area contributed by atoms with Gasteiger partial charge in [0.25, 0.3) is 0 Å². The quantitative estimate of drug-likeness (QED) is 0.705. The van der Waals surface area contributed by atoms with E-state index in [1.54, 1.807) is 12.0 Å². The molecule has 2 rings (SSSR count). The zero-order chi connectivity index (χ0) is 16.7. The summed E-state index contributed by atoms with van der Waals surface area (Å²) in [6.07, 6.45) is 0. The van der Waals surface area contributed by atoms with E-state index in [1.165, 1.54) is 16.0 Å². The van der Waals surface area contributed by atoms with Gasteiger partial charge in [0.15, 0.2) is 0 Å². The zero-order valence-electron chi connectivity index (χ0n) is 14.2. The third-order valence-corrected chi connectivity index (χ3v) is 4.45. The Bertz CT molecular complexity index is 602. The predicted molar refractivity (Wildman–Crippen MR) is 98.1 cm³/mol. The highest BCUT2D eigenvalue weighted by Gasteiger charge is 2.15. The van der Waals surface area contributed by atoms with Crippen LogP contribution < -0.4 is 14.5 Å². The molecular weight excluding hydrogens is 352 g/mol. The minimum Gasteiger partial charge on any atom is -0.496 e. The van der Waals surface area contributed by atoms with Crippen molar-refractivity contribution in [2.75, 3.05) is 34.3 Å². The van der Waals surface area contributed by atoms with E-state index in [0.717, 1.165) is 36.4 Å². The lowest BCUT2D eigenvalue weighted by atomic mass is 10.1. The van der Waals surface area contributed by atoms with Gasteiger partial charge in [-0.25, -0.2) is 0 Å². The van der Waals surface area contributed by atoms with Gasteiger partial charge in [-0.1, -0.05) is 46.3 Å². The molecule has 0 bridgehead atoms. The average molecular weight is 379 g/mol. The number of halogens is 1. The molecule has 1 unspecified atom stereocenters. The molecule has 0 radical (unpaired) electrons. The van der Waals surface area contributed by atoms with E-state index in [2.05, 4.69) is 66.4 Å². The summed E-state index contributed by atoms with van der Waals surface area (Å²) in [6.45, 7) is 4.28. The summed E-state index contributed by atoms with van der Waals surface area (Å²) in [5.74, 6) is 0.968. The minimum atomic E-state index is 0.963. The maximum Gasteiger partial charge on any atom is 0.127 e. The molecule has 0 aliphatic carbocycles. The van der Waals surface area contributed by atoms with Crippen molar-refractivity contribution in [3.05, 3.63) is 64.1 Å². The summed E-state index contributed by atoms with van der Waals surface area (Å²) in [6, 6.07) is 17.0. The number of benzene rings is 2. The summed E-state index contributed by atoms with van der Waals surface area (Å²) < 4.78 is 6.64. The molecule has 23 heavy (non-hydrogen) atoms. The molecule has 0 heterocycles. The lowest BCUT2D eigenvalue weighted by molar-refractivity contribution is -0.960. The van der Waals surface area contributed by atoms with Crippen LogP contribution in [0.5, 0.6) is 5.75 Å². The van der Waals surface area contributed by atoms with E-state index in [9.17, 15) is 0 Å². The van der Waals surface area contributed by atoms with E-state index >= 15 is 0 Å². The number of hydrogen-bond donors (Lipinski definition) is 2. The standard InChI is InChI=1S/C19H25BrN2O/c1-21(2)11-12-22(14-16-7-5-4-6-8-16)15-17-13-18(20)9-10-19(17)23-3/h4-10,13H,11-12,14-15H2,1-3H3/p+2. The molecule has 0 spiro atoms. The van der Waals surface area contributed by atoms with Crippen molar-refractivity contribution in [3.8, 4) is 5.75 Å². The largest absolute Gasteiger partial charge is 0.496 e. The van der Waals surface area contributed by atoms with Gasteiger partial charge in [-0.15, -0.1) is 0 Å². The van der Waals surface area contributed by atoms with E-state index in [1.807, 2.05) is 12.1 Å². The normalized spacial score (nSPS) is 12.4. The summed E-state index contributed by atoms with van der Waals surface area (Å²) >= 11 is 3.58. The van der Waals surface area contributed by atoms with Gasteiger partial charge >= 0.3 is 0 Å². The fraction of sp³-hybridized carbons (Fsp3) is 0.368. The molecule has 3 nitrogen and oxygen atoms in total. The smallest absolute Gasteiger partial charge is 0.127 e. The fourth-order valence-electron chi connectivity index (χ4n) is 2.71. The van der Waals surface area contributed by atoms with E-state index < -0.39 is 0 Å². The Morgan fingerprint density at radius 1 is 0.957 bits per heavy atom. The van der Waals surface area contributed by atoms with Crippen LogP contribution in [0.15, 0.2) is 53.0 Å². The van der Waals surface area contributed by atoms with E-state index in [-0.39, 0.29) is 0 Å². The number of rotatable bonds is 8. The first kappa shape index (κ1) is 18.0. The van der Waals surface area contributed by atoms with Gasteiger partial charge < -0.3 is 14.5 Å². The molecule has 0 aliphatic rings. The molecule has 4 heteroatoms. The minimum absolute atomic E-state index is 0.963. The molecule has 2 aromatic carbocycles. The van der Waals surface area contributed by atoms with Crippen LogP contribution in [-0.2, 0) is 13.1 Å². The summed E-state index contributed by atoms with van der Waals surface area (Å²) in [5.41, 5.74) is 2.63. The van der Waals surface area contributed by atoms with Gasteiger partial charge in [0, 0.05) is 15.6 Å². The number of hydrogen-bond acceptors (Lipinski definition) is 1. The topological polar surface area (TPSA) is 18.1 Å². The van der Waals surface area contributed by atoms with E-state index in [4.69, 9.17) is 4.74 Å². The molecule has 0 fully saturated rings. The Kier molecular flexibility index (Phi) is 7.09. The summed E-state index contributed by atoms with van der Waals surface area (Å²) in [4.78, 5) is 3.03. The van der Waals surface area contributed by atoms with Crippen LogP contribution in [0.3, 0.4) is 0 Å². The monoisotopic (exact) mass is 378 g/mol. The molecule has 0 saturated carbocycles. The van der Waals surface area contributed by atoms with Gasteiger partial charge in [-0.3, -0.25) is 0 Å². The summed E-state index contributed by atoms with van der Waals surface area (Å²) in [5, 5.41) is 0.